The smallest absolute Gasteiger partial charge is 0.359 e. The van der Waals surface area contributed by atoms with Crippen LogP contribution in [0.1, 0.15) is 62.1 Å². The van der Waals surface area contributed by atoms with Crippen molar-refractivity contribution in [2.75, 3.05) is 6.61 Å². The van der Waals surface area contributed by atoms with Gasteiger partial charge in [0.15, 0.2) is 10.7 Å². The molecule has 6 heteroatoms. The van der Waals surface area contributed by atoms with Gasteiger partial charge in [0.2, 0.25) is 0 Å². The van der Waals surface area contributed by atoms with E-state index in [0.29, 0.717) is 12.3 Å². The van der Waals surface area contributed by atoms with Gasteiger partial charge in [-0.1, -0.05) is 27.7 Å². The number of carbonyl (C=O) groups is 1. The third kappa shape index (κ3) is 2.48. The zero-order valence-corrected chi connectivity index (χ0v) is 16.6. The summed E-state index contributed by atoms with van der Waals surface area (Å²) in [6.07, 6.45) is 2.18. The molecule has 2 aromatic heterocycles. The number of nitrogens with zero attached hydrogens (tertiary/aromatic N) is 2. The second-order valence-corrected chi connectivity index (χ2v) is 9.37. The lowest BCUT2D eigenvalue weighted by Gasteiger charge is -2.40. The van der Waals surface area contributed by atoms with Gasteiger partial charge >= 0.3 is 5.97 Å². The first-order chi connectivity index (χ1) is 10.2. The van der Waals surface area contributed by atoms with E-state index < -0.39 is 0 Å². The van der Waals surface area contributed by atoms with E-state index in [1.54, 1.807) is 11.3 Å². The highest BCUT2D eigenvalue weighted by molar-refractivity contribution is 14.1. The third-order valence-electron chi connectivity index (χ3n) is 4.17. The van der Waals surface area contributed by atoms with Gasteiger partial charge in [-0.25, -0.2) is 9.78 Å². The molecule has 0 aliphatic heterocycles. The molecule has 4 nitrogen and oxygen atoms in total. The van der Waals surface area contributed by atoms with Crippen LogP contribution in [0.3, 0.4) is 0 Å². The van der Waals surface area contributed by atoms with Gasteiger partial charge in [-0.15, -0.1) is 11.3 Å². The Balaban J connectivity index is 2.20. The van der Waals surface area contributed by atoms with Crippen LogP contribution in [-0.4, -0.2) is 22.0 Å². The lowest BCUT2D eigenvalue weighted by atomic mass is 9.67. The van der Waals surface area contributed by atoms with E-state index in [-0.39, 0.29) is 16.8 Å². The van der Waals surface area contributed by atoms with Gasteiger partial charge in [0.25, 0.3) is 0 Å². The van der Waals surface area contributed by atoms with Crippen LogP contribution in [0.4, 0.5) is 0 Å². The van der Waals surface area contributed by atoms with E-state index in [2.05, 4.69) is 59.7 Å². The van der Waals surface area contributed by atoms with Crippen molar-refractivity contribution >= 4 is 44.9 Å². The molecule has 1 aliphatic carbocycles. The number of ether oxygens (including phenoxy) is 1. The molecule has 0 radical (unpaired) electrons. The Morgan fingerprint density at radius 2 is 2.09 bits per heavy atom. The van der Waals surface area contributed by atoms with E-state index in [9.17, 15) is 4.79 Å². The molecule has 0 atom stereocenters. The van der Waals surface area contributed by atoms with Crippen molar-refractivity contribution in [1.29, 1.82) is 0 Å². The molecule has 2 heterocycles. The maximum Gasteiger partial charge on any atom is 0.359 e. The van der Waals surface area contributed by atoms with E-state index in [4.69, 9.17) is 4.74 Å². The van der Waals surface area contributed by atoms with Crippen molar-refractivity contribution in [2.45, 2.75) is 52.9 Å². The fourth-order valence-corrected chi connectivity index (χ4v) is 6.01. The number of carbonyl (C=O) groups excluding carboxylic acids is 1. The molecule has 0 unspecified atom stereocenters. The second kappa shape index (κ2) is 5.19. The van der Waals surface area contributed by atoms with Gasteiger partial charge in [-0.3, -0.25) is 4.40 Å². The first-order valence-electron chi connectivity index (χ1n) is 7.53. The molecule has 0 N–H and O–H groups in total. The molecule has 120 valence electrons. The molecule has 0 fully saturated rings. The molecular weight excluding hydrogens is 411 g/mol. The number of hydrogen-bond acceptors (Lipinski definition) is 4. The summed E-state index contributed by atoms with van der Waals surface area (Å²) in [5.74, 6) is -0.328. The van der Waals surface area contributed by atoms with Crippen LogP contribution in [-0.2, 0) is 16.6 Å². The predicted octanol–water partition coefficient (Wildman–Crippen LogP) is 4.43. The van der Waals surface area contributed by atoms with Gasteiger partial charge < -0.3 is 4.74 Å². The number of halogens is 1. The summed E-state index contributed by atoms with van der Waals surface area (Å²) >= 11 is 3.94. The van der Waals surface area contributed by atoms with E-state index in [0.717, 1.165) is 21.5 Å². The number of fused-ring (bicyclic) bond motifs is 3. The molecule has 0 saturated heterocycles. The first-order valence-corrected chi connectivity index (χ1v) is 9.43. The summed E-state index contributed by atoms with van der Waals surface area (Å²) in [7, 11) is 0. The van der Waals surface area contributed by atoms with Crippen molar-refractivity contribution in [3.8, 4) is 0 Å². The first kappa shape index (κ1) is 16.2. The molecule has 1 aliphatic rings. The third-order valence-corrected chi connectivity index (χ3v) is 6.61. The monoisotopic (exact) mass is 432 g/mol. The Morgan fingerprint density at radius 1 is 1.41 bits per heavy atom. The molecule has 3 rings (SSSR count). The molecule has 0 bridgehead atoms. The van der Waals surface area contributed by atoms with E-state index in [1.807, 2.05) is 6.92 Å². The van der Waals surface area contributed by atoms with E-state index >= 15 is 0 Å². The summed E-state index contributed by atoms with van der Waals surface area (Å²) in [5.41, 5.74) is 2.16. The highest BCUT2D eigenvalue weighted by atomic mass is 127. The van der Waals surface area contributed by atoms with Gasteiger partial charge in [0, 0.05) is 16.0 Å². The molecule has 2 aromatic rings. The zero-order chi connectivity index (χ0) is 16.3. The number of thiazole rings is 1. The lowest BCUT2D eigenvalue weighted by Crippen LogP contribution is -2.34. The van der Waals surface area contributed by atoms with Crippen molar-refractivity contribution in [3.05, 3.63) is 20.0 Å². The fourth-order valence-electron chi connectivity index (χ4n) is 3.75. The molecule has 0 saturated carbocycles. The van der Waals surface area contributed by atoms with Gasteiger partial charge in [0.1, 0.15) is 3.70 Å². The topological polar surface area (TPSA) is 43.6 Å². The van der Waals surface area contributed by atoms with Crippen molar-refractivity contribution in [2.24, 2.45) is 5.41 Å². The SMILES string of the molecule is CCOC(=O)c1nc2sc3c(n2c1I)CC(C)(C)CC3(C)C. The quantitative estimate of drug-likeness (QED) is 0.521. The molecule has 22 heavy (non-hydrogen) atoms. The molecule has 0 spiro atoms. The summed E-state index contributed by atoms with van der Waals surface area (Å²) in [6, 6.07) is 0. The summed E-state index contributed by atoms with van der Waals surface area (Å²) in [5, 5.41) is 0. The Bertz CT molecular complexity index is 758. The minimum absolute atomic E-state index is 0.148. The van der Waals surface area contributed by atoms with Crippen molar-refractivity contribution in [1.82, 2.24) is 9.38 Å². The normalized spacial score (nSPS) is 19.2. The average Bonchev–Trinajstić information content (AvgIpc) is 2.86. The molecular formula is C16H21IN2O2S. The van der Waals surface area contributed by atoms with Gasteiger partial charge in [-0.05, 0) is 47.8 Å². The highest BCUT2D eigenvalue weighted by Crippen LogP contribution is 2.49. The van der Waals surface area contributed by atoms with Gasteiger partial charge in [-0.2, -0.15) is 0 Å². The number of imidazole rings is 1. The van der Waals surface area contributed by atoms with Crippen LogP contribution in [0.15, 0.2) is 0 Å². The fraction of sp³-hybridized carbons (Fsp3) is 0.625. The van der Waals surface area contributed by atoms with Crippen LogP contribution in [0.25, 0.3) is 4.96 Å². The molecule has 0 aromatic carbocycles. The minimum Gasteiger partial charge on any atom is -0.461 e. The summed E-state index contributed by atoms with van der Waals surface area (Å²) in [6.45, 7) is 11.4. The maximum absolute atomic E-state index is 12.1. The van der Waals surface area contributed by atoms with E-state index in [1.165, 1.54) is 10.6 Å². The maximum atomic E-state index is 12.1. The largest absolute Gasteiger partial charge is 0.461 e. The van der Waals surface area contributed by atoms with Crippen LogP contribution in [0.5, 0.6) is 0 Å². The Kier molecular flexibility index (Phi) is 3.83. The lowest BCUT2D eigenvalue weighted by molar-refractivity contribution is 0.0519. The Morgan fingerprint density at radius 3 is 2.73 bits per heavy atom. The number of aromatic nitrogens is 2. The minimum atomic E-state index is -0.328. The van der Waals surface area contributed by atoms with Crippen LogP contribution in [0.2, 0.25) is 0 Å². The number of rotatable bonds is 2. The van der Waals surface area contributed by atoms with Crippen molar-refractivity contribution < 1.29 is 9.53 Å². The van der Waals surface area contributed by atoms with Crippen molar-refractivity contribution in [3.63, 3.8) is 0 Å². The standard InChI is InChI=1S/C16H21IN2O2S/c1-6-21-13(20)10-12(17)19-9-7-15(2,3)8-16(4,5)11(9)22-14(19)18-10/h6-8H2,1-5H3. The van der Waals surface area contributed by atoms with Gasteiger partial charge in [0.05, 0.1) is 6.61 Å². The summed E-state index contributed by atoms with van der Waals surface area (Å²) in [4.78, 5) is 18.9. The Labute approximate surface area is 148 Å². The second-order valence-electron chi connectivity index (χ2n) is 7.37. The highest BCUT2D eigenvalue weighted by Gasteiger charge is 2.41. The zero-order valence-electron chi connectivity index (χ0n) is 13.6. The average molecular weight is 432 g/mol. The number of hydrogen-bond donors (Lipinski definition) is 0. The number of esters is 1. The predicted molar refractivity (Wildman–Crippen MR) is 96.9 cm³/mol. The van der Waals surface area contributed by atoms with Crippen LogP contribution < -0.4 is 0 Å². The summed E-state index contributed by atoms with van der Waals surface area (Å²) < 4.78 is 8.15. The van der Waals surface area contributed by atoms with Crippen LogP contribution >= 0.6 is 33.9 Å². The van der Waals surface area contributed by atoms with Crippen LogP contribution in [0, 0.1) is 9.12 Å². The Hall–Kier alpha value is -0.630. The molecule has 0 amide bonds.